The smallest absolute Gasteiger partial charge is 0.249 e. The summed E-state index contributed by atoms with van der Waals surface area (Å²) < 4.78 is 0. The average Bonchev–Trinajstić information content (AvgIpc) is 3.48. The van der Waals surface area contributed by atoms with E-state index in [1.54, 1.807) is 23.8 Å². The molecule has 10 heteroatoms. The molecule has 1 unspecified atom stereocenters. The van der Waals surface area contributed by atoms with E-state index in [1.165, 1.54) is 0 Å². The lowest BCUT2D eigenvalue weighted by molar-refractivity contribution is -0.142. The van der Waals surface area contributed by atoms with Crippen LogP contribution in [-0.4, -0.2) is 120 Å². The quantitative estimate of drug-likeness (QED) is 0.284. The molecule has 2 fully saturated rings. The van der Waals surface area contributed by atoms with Gasteiger partial charge in [0.1, 0.15) is 12.1 Å². The molecule has 0 radical (unpaired) electrons. The number of carbonyl (C=O) groups is 4. The fourth-order valence-electron chi connectivity index (χ4n) is 6.67. The maximum atomic E-state index is 14.1. The number of hydrogen-bond acceptors (Lipinski definition) is 6. The van der Waals surface area contributed by atoms with Crippen LogP contribution >= 0.6 is 0 Å². The van der Waals surface area contributed by atoms with Gasteiger partial charge in [0.15, 0.2) is 0 Å². The Morgan fingerprint density at radius 1 is 0.911 bits per heavy atom. The third-order valence-electron chi connectivity index (χ3n) is 9.58. The Balaban J connectivity index is 2.20. The van der Waals surface area contributed by atoms with Crippen LogP contribution in [0.15, 0.2) is 11.6 Å². The zero-order valence-electron chi connectivity index (χ0n) is 30.2. The van der Waals surface area contributed by atoms with E-state index in [1.807, 2.05) is 40.7 Å². The van der Waals surface area contributed by atoms with Crippen molar-refractivity contribution in [2.24, 2.45) is 11.3 Å². The number of amides is 4. The second-order valence-corrected chi connectivity index (χ2v) is 14.7. The molecule has 2 heterocycles. The van der Waals surface area contributed by atoms with Crippen molar-refractivity contribution >= 4 is 23.6 Å². The molecule has 2 aliphatic rings. The summed E-state index contributed by atoms with van der Waals surface area (Å²) in [5.41, 5.74) is -0.00196. The van der Waals surface area contributed by atoms with Gasteiger partial charge in [0.05, 0.1) is 12.1 Å². The Bertz CT molecular complexity index is 1030. The SMILES string of the molecule is CCN(CC)CCNC(=O)[C@@H]1CCCN1C(=O)C(C)=CC(C(C)C)N(C)C(=O)[C@@H](NC(=O)[C@H]1CCCCN1C(C)C)C(C)(C)C. The number of nitrogens with zero attached hydrogens (tertiary/aromatic N) is 4. The maximum absolute atomic E-state index is 14.1. The molecular formula is C35H64N6O4. The molecular weight excluding hydrogens is 568 g/mol. The molecule has 0 aromatic carbocycles. The Morgan fingerprint density at radius 3 is 2.09 bits per heavy atom. The molecule has 4 atom stereocenters. The first-order valence-corrected chi connectivity index (χ1v) is 17.4. The van der Waals surface area contributed by atoms with Gasteiger partial charge in [-0.1, -0.05) is 61.0 Å². The van der Waals surface area contributed by atoms with Gasteiger partial charge in [-0.15, -0.1) is 0 Å². The first-order chi connectivity index (χ1) is 21.0. The van der Waals surface area contributed by atoms with Crippen molar-refractivity contribution in [3.8, 4) is 0 Å². The number of carbonyl (C=O) groups excluding carboxylic acids is 4. The first kappa shape index (κ1) is 38.7. The van der Waals surface area contributed by atoms with Crippen molar-refractivity contribution in [3.63, 3.8) is 0 Å². The van der Waals surface area contributed by atoms with Crippen LogP contribution in [0.25, 0.3) is 0 Å². The van der Waals surface area contributed by atoms with Crippen LogP contribution < -0.4 is 10.6 Å². The van der Waals surface area contributed by atoms with Crippen LogP contribution in [0.2, 0.25) is 0 Å². The molecule has 10 nitrogen and oxygen atoms in total. The van der Waals surface area contributed by atoms with Gasteiger partial charge in [-0.2, -0.15) is 0 Å². The third-order valence-corrected chi connectivity index (χ3v) is 9.58. The fourth-order valence-corrected chi connectivity index (χ4v) is 6.67. The second-order valence-electron chi connectivity index (χ2n) is 14.7. The lowest BCUT2D eigenvalue weighted by Gasteiger charge is -2.41. The standard InChI is InChI=1S/C35H64N6O4/c1-12-39(13-2)22-19-36-31(42)27-18-16-21-41(27)33(44)26(7)23-29(24(3)4)38(11)34(45)30(35(8,9)10)37-32(43)28-17-14-15-20-40(28)25(5)6/h23-25,27-30H,12-22H2,1-11H3,(H,36,42)(H,37,43)/t27-,28+,29?,30+/m0/s1. The van der Waals surface area contributed by atoms with E-state index in [4.69, 9.17) is 0 Å². The minimum Gasteiger partial charge on any atom is -0.353 e. The van der Waals surface area contributed by atoms with Crippen LogP contribution in [0.1, 0.15) is 101 Å². The summed E-state index contributed by atoms with van der Waals surface area (Å²) in [6.07, 6.45) is 6.15. The van der Waals surface area contributed by atoms with E-state index in [9.17, 15) is 19.2 Å². The minimum absolute atomic E-state index is 0.0190. The summed E-state index contributed by atoms with van der Waals surface area (Å²) in [4.78, 5) is 62.3. The zero-order chi connectivity index (χ0) is 34.1. The molecule has 4 amide bonds. The van der Waals surface area contributed by atoms with E-state index in [2.05, 4.69) is 48.1 Å². The molecule has 0 spiro atoms. The molecule has 2 aliphatic heterocycles. The van der Waals surface area contributed by atoms with Crippen molar-refractivity contribution in [1.29, 1.82) is 0 Å². The summed E-state index contributed by atoms with van der Waals surface area (Å²) >= 11 is 0. The molecule has 2 saturated heterocycles. The van der Waals surface area contributed by atoms with Crippen molar-refractivity contribution in [2.75, 3.05) is 46.3 Å². The van der Waals surface area contributed by atoms with E-state index in [0.29, 0.717) is 25.1 Å². The van der Waals surface area contributed by atoms with Gasteiger partial charge in [0, 0.05) is 38.3 Å². The van der Waals surface area contributed by atoms with Crippen LogP contribution in [0.4, 0.5) is 0 Å². The van der Waals surface area contributed by atoms with Gasteiger partial charge < -0.3 is 25.3 Å². The molecule has 0 aromatic heterocycles. The van der Waals surface area contributed by atoms with Gasteiger partial charge >= 0.3 is 0 Å². The van der Waals surface area contributed by atoms with Crippen molar-refractivity contribution in [1.82, 2.24) is 30.2 Å². The van der Waals surface area contributed by atoms with E-state index in [-0.39, 0.29) is 47.7 Å². The van der Waals surface area contributed by atoms with E-state index >= 15 is 0 Å². The van der Waals surface area contributed by atoms with Gasteiger partial charge in [-0.25, -0.2) is 0 Å². The number of hydrogen-bond donors (Lipinski definition) is 2. The molecule has 2 rings (SSSR count). The summed E-state index contributed by atoms with van der Waals surface area (Å²) in [5, 5.41) is 6.17. The van der Waals surface area contributed by atoms with Gasteiger partial charge in [-0.05, 0) is 77.4 Å². The second kappa shape index (κ2) is 17.5. The summed E-state index contributed by atoms with van der Waals surface area (Å²) in [6.45, 7) is 24.8. The van der Waals surface area contributed by atoms with Crippen LogP contribution in [0.5, 0.6) is 0 Å². The Hall–Kier alpha value is -2.46. The number of likely N-dealkylation sites (tertiary alicyclic amines) is 2. The predicted octanol–water partition coefficient (Wildman–Crippen LogP) is 3.66. The number of likely N-dealkylation sites (N-methyl/N-ethyl adjacent to an activating group) is 2. The van der Waals surface area contributed by atoms with Crippen molar-refractivity contribution in [3.05, 3.63) is 11.6 Å². The minimum atomic E-state index is -0.723. The highest BCUT2D eigenvalue weighted by atomic mass is 16.2. The largest absolute Gasteiger partial charge is 0.353 e. The molecule has 0 saturated carbocycles. The fraction of sp³-hybridized carbons (Fsp3) is 0.829. The topological polar surface area (TPSA) is 105 Å². The molecule has 45 heavy (non-hydrogen) atoms. The van der Waals surface area contributed by atoms with Crippen LogP contribution in [0.3, 0.4) is 0 Å². The van der Waals surface area contributed by atoms with Crippen molar-refractivity contribution < 1.29 is 19.2 Å². The van der Waals surface area contributed by atoms with E-state index < -0.39 is 17.5 Å². The lowest BCUT2D eigenvalue weighted by Crippen LogP contribution is -2.60. The first-order valence-electron chi connectivity index (χ1n) is 17.4. The Morgan fingerprint density at radius 2 is 1.53 bits per heavy atom. The Kier molecular flexibility index (Phi) is 15.0. The molecule has 0 bridgehead atoms. The average molecular weight is 633 g/mol. The molecule has 258 valence electrons. The summed E-state index contributed by atoms with van der Waals surface area (Å²) in [7, 11) is 1.76. The predicted molar refractivity (Wildman–Crippen MR) is 182 cm³/mol. The highest BCUT2D eigenvalue weighted by Gasteiger charge is 2.40. The van der Waals surface area contributed by atoms with Crippen molar-refractivity contribution in [2.45, 2.75) is 132 Å². The number of rotatable bonds is 14. The zero-order valence-corrected chi connectivity index (χ0v) is 30.2. The van der Waals surface area contributed by atoms with Gasteiger partial charge in [0.25, 0.3) is 0 Å². The normalized spacial score (nSPS) is 21.3. The Labute approximate surface area is 273 Å². The molecule has 2 N–H and O–H groups in total. The summed E-state index contributed by atoms with van der Waals surface area (Å²) in [6, 6.07) is -1.57. The van der Waals surface area contributed by atoms with Crippen LogP contribution in [-0.2, 0) is 19.2 Å². The van der Waals surface area contributed by atoms with Gasteiger partial charge in [-0.3, -0.25) is 24.1 Å². The van der Waals surface area contributed by atoms with Gasteiger partial charge in [0.2, 0.25) is 23.6 Å². The van der Waals surface area contributed by atoms with Crippen LogP contribution in [0, 0.1) is 11.3 Å². The third kappa shape index (κ3) is 10.5. The maximum Gasteiger partial charge on any atom is 0.249 e. The number of nitrogens with one attached hydrogen (secondary N) is 2. The monoisotopic (exact) mass is 632 g/mol. The molecule has 0 aromatic rings. The van der Waals surface area contributed by atoms with E-state index in [0.717, 1.165) is 51.9 Å². The highest BCUT2D eigenvalue weighted by Crippen LogP contribution is 2.27. The molecule has 0 aliphatic carbocycles. The summed E-state index contributed by atoms with van der Waals surface area (Å²) in [5.74, 6) is -0.528. The number of piperidine rings is 1. The lowest BCUT2D eigenvalue weighted by atomic mass is 9.84. The highest BCUT2D eigenvalue weighted by molar-refractivity contribution is 5.97.